The Morgan fingerprint density at radius 1 is 1.68 bits per heavy atom. The van der Waals surface area contributed by atoms with E-state index in [2.05, 4.69) is 11.6 Å². The Hall–Kier alpha value is -0.960. The van der Waals surface area contributed by atoms with Gasteiger partial charge >= 0.3 is 0 Å². The molecule has 0 aromatic carbocycles. The van der Waals surface area contributed by atoms with Gasteiger partial charge in [-0.25, -0.2) is 9.38 Å². The van der Waals surface area contributed by atoms with Crippen LogP contribution >= 0.6 is 19.0 Å². The van der Waals surface area contributed by atoms with E-state index in [0.717, 1.165) is 0 Å². The number of ether oxygens (including phenoxy) is 1. The Morgan fingerprint density at radius 3 is 2.88 bits per heavy atom. The van der Waals surface area contributed by atoms with Gasteiger partial charge in [0.05, 0.1) is 5.88 Å². The second-order valence-corrected chi connectivity index (χ2v) is 8.88. The van der Waals surface area contributed by atoms with Crippen molar-refractivity contribution in [2.75, 3.05) is 25.5 Å². The summed E-state index contributed by atoms with van der Waals surface area (Å²) < 4.78 is 37.5. The lowest BCUT2D eigenvalue weighted by atomic mass is 9.95. The first-order valence-corrected chi connectivity index (χ1v) is 10.0. The van der Waals surface area contributed by atoms with Gasteiger partial charge in [-0.2, -0.15) is 0 Å². The molecule has 142 valence electrons. The van der Waals surface area contributed by atoms with Crippen molar-refractivity contribution in [1.29, 1.82) is 0 Å². The Labute approximate surface area is 150 Å². The molecular formula is C14H22ClFN3O5P. The number of aliphatic imine (C=N–C) groups is 1. The molecule has 0 aromatic heterocycles. The van der Waals surface area contributed by atoms with Crippen molar-refractivity contribution in [2.45, 2.75) is 30.5 Å². The zero-order chi connectivity index (χ0) is 18.8. The Balaban J connectivity index is 2.20. The average Bonchev–Trinajstić information content (AvgIpc) is 2.85. The lowest BCUT2D eigenvalue weighted by Gasteiger charge is -2.33. The largest absolute Gasteiger partial charge is 0.387 e. The molecule has 1 saturated heterocycles. The lowest BCUT2D eigenvalue weighted by molar-refractivity contribution is -0.100. The number of hydrogen-bond acceptors (Lipinski definition) is 8. The summed E-state index contributed by atoms with van der Waals surface area (Å²) in [5.41, 5.74) is 4.07. The number of halogens is 2. The maximum atomic E-state index is 14.7. The second-order valence-electron chi connectivity index (χ2n) is 5.88. The van der Waals surface area contributed by atoms with Gasteiger partial charge < -0.3 is 30.1 Å². The highest BCUT2D eigenvalue weighted by Gasteiger charge is 2.57. The van der Waals surface area contributed by atoms with Gasteiger partial charge in [0.1, 0.15) is 29.7 Å². The zero-order valence-electron chi connectivity index (χ0n) is 13.7. The Morgan fingerprint density at radius 2 is 2.36 bits per heavy atom. The molecule has 1 fully saturated rings. The zero-order valence-corrected chi connectivity index (χ0v) is 15.4. The van der Waals surface area contributed by atoms with E-state index in [4.69, 9.17) is 26.6 Å². The van der Waals surface area contributed by atoms with Gasteiger partial charge in [-0.1, -0.05) is 6.58 Å². The van der Waals surface area contributed by atoms with Gasteiger partial charge in [0, 0.05) is 19.5 Å². The molecule has 0 saturated carbocycles. The highest BCUT2D eigenvalue weighted by Crippen LogP contribution is 2.49. The number of hydrogen-bond donors (Lipinski definition) is 3. The van der Waals surface area contributed by atoms with Crippen LogP contribution in [0, 0.1) is 0 Å². The standard InChI is InChI=1S/C14H22ClFN3O5P/c1-9-18-10(17)3-5-19(9)13-11(16)12(21)14(7-15,24-13)4-6-25(22,8-20)23-2/h3,5,11-13,20-21H,1,4,6-8H2,2H3,(H2,17,18)/t11-,12+,13-,14+,25?/m1/s1. The van der Waals surface area contributed by atoms with Crippen LogP contribution in [0.3, 0.4) is 0 Å². The summed E-state index contributed by atoms with van der Waals surface area (Å²) in [6.45, 7) is 3.68. The summed E-state index contributed by atoms with van der Waals surface area (Å²) >= 11 is 5.95. The number of aliphatic hydroxyl groups is 2. The predicted molar refractivity (Wildman–Crippen MR) is 92.2 cm³/mol. The SMILES string of the molecule is C=C1N=C(N)C=CN1[C@@H]1O[C@](CCl)(CCP(=O)(CO)OC)[C@@H](O)[C@H]1F. The van der Waals surface area contributed by atoms with Crippen LogP contribution in [0.4, 0.5) is 4.39 Å². The molecule has 25 heavy (non-hydrogen) atoms. The van der Waals surface area contributed by atoms with Crippen molar-refractivity contribution in [3.05, 3.63) is 24.7 Å². The first kappa shape index (κ1) is 20.4. The number of rotatable bonds is 7. The molecule has 0 radical (unpaired) electrons. The van der Waals surface area contributed by atoms with Crippen molar-refractivity contribution in [3.63, 3.8) is 0 Å². The van der Waals surface area contributed by atoms with E-state index < -0.39 is 37.8 Å². The summed E-state index contributed by atoms with van der Waals surface area (Å²) in [5, 5.41) is 19.6. The fourth-order valence-corrected chi connectivity index (χ4v) is 4.23. The molecule has 2 heterocycles. The minimum atomic E-state index is -3.31. The summed E-state index contributed by atoms with van der Waals surface area (Å²) in [4.78, 5) is 5.24. The monoisotopic (exact) mass is 397 g/mol. The van der Waals surface area contributed by atoms with Crippen molar-refractivity contribution in [2.24, 2.45) is 10.7 Å². The van der Waals surface area contributed by atoms with E-state index in [1.54, 1.807) is 0 Å². The van der Waals surface area contributed by atoms with E-state index in [-0.39, 0.29) is 30.1 Å². The summed E-state index contributed by atoms with van der Waals surface area (Å²) in [7, 11) is -2.10. The molecule has 2 rings (SSSR count). The Bertz CT molecular complexity index is 626. The lowest BCUT2D eigenvalue weighted by Crippen LogP contribution is -2.44. The predicted octanol–water partition coefficient (Wildman–Crippen LogP) is 0.941. The van der Waals surface area contributed by atoms with E-state index in [1.165, 1.54) is 24.3 Å². The first-order valence-electron chi connectivity index (χ1n) is 7.52. The van der Waals surface area contributed by atoms with Crippen molar-refractivity contribution in [1.82, 2.24) is 4.90 Å². The topological polar surface area (TPSA) is 118 Å². The highest BCUT2D eigenvalue weighted by atomic mass is 35.5. The maximum absolute atomic E-state index is 14.7. The molecule has 2 aliphatic rings. The molecule has 0 aromatic rings. The minimum Gasteiger partial charge on any atom is -0.387 e. The molecule has 11 heteroatoms. The minimum absolute atomic E-state index is 0.0598. The third-order valence-electron chi connectivity index (χ3n) is 4.35. The molecule has 4 N–H and O–H groups in total. The molecular weight excluding hydrogens is 376 g/mol. The van der Waals surface area contributed by atoms with Gasteiger partial charge in [0.25, 0.3) is 0 Å². The van der Waals surface area contributed by atoms with Gasteiger partial charge in [-0.05, 0) is 12.5 Å². The number of alkyl halides is 2. The first-order chi connectivity index (χ1) is 11.7. The van der Waals surface area contributed by atoms with Crippen LogP contribution in [-0.4, -0.2) is 70.6 Å². The Kier molecular flexibility index (Phi) is 6.30. The van der Waals surface area contributed by atoms with E-state index in [9.17, 15) is 19.2 Å². The van der Waals surface area contributed by atoms with Crippen LogP contribution in [0.25, 0.3) is 0 Å². The molecule has 0 amide bonds. The quantitative estimate of drug-likeness (QED) is 0.432. The maximum Gasteiger partial charge on any atom is 0.227 e. The fourth-order valence-electron chi connectivity index (χ4n) is 2.71. The fraction of sp³-hybridized carbons (Fsp3) is 0.643. The van der Waals surface area contributed by atoms with Crippen LogP contribution in [0.5, 0.6) is 0 Å². The average molecular weight is 398 g/mol. The normalized spacial score (nSPS) is 34.9. The molecule has 2 aliphatic heterocycles. The molecule has 0 bridgehead atoms. The number of aliphatic hydroxyl groups excluding tert-OH is 2. The number of nitrogens with two attached hydrogens (primary N) is 1. The van der Waals surface area contributed by atoms with Crippen LogP contribution in [-0.2, 0) is 13.8 Å². The van der Waals surface area contributed by atoms with Gasteiger partial charge in [0.15, 0.2) is 12.4 Å². The summed E-state index contributed by atoms with van der Waals surface area (Å²) in [6.07, 6.45) is -2.55. The van der Waals surface area contributed by atoms with Crippen molar-refractivity contribution >= 4 is 24.8 Å². The van der Waals surface area contributed by atoms with Gasteiger partial charge in [0.2, 0.25) is 7.37 Å². The van der Waals surface area contributed by atoms with Crippen LogP contribution in [0.1, 0.15) is 6.42 Å². The highest BCUT2D eigenvalue weighted by molar-refractivity contribution is 7.58. The van der Waals surface area contributed by atoms with Crippen LogP contribution in [0.15, 0.2) is 29.7 Å². The number of amidine groups is 1. The summed E-state index contributed by atoms with van der Waals surface area (Å²) in [5.74, 6) is 0.126. The van der Waals surface area contributed by atoms with E-state index >= 15 is 0 Å². The third-order valence-corrected chi connectivity index (χ3v) is 6.81. The smallest absolute Gasteiger partial charge is 0.227 e. The van der Waals surface area contributed by atoms with Crippen molar-refractivity contribution < 1.29 is 28.4 Å². The van der Waals surface area contributed by atoms with Crippen LogP contribution in [0.2, 0.25) is 0 Å². The molecule has 5 atom stereocenters. The molecule has 1 unspecified atom stereocenters. The second kappa shape index (κ2) is 7.73. The molecule has 8 nitrogen and oxygen atoms in total. The van der Waals surface area contributed by atoms with Gasteiger partial charge in [-0.3, -0.25) is 4.57 Å². The molecule has 0 aliphatic carbocycles. The van der Waals surface area contributed by atoms with E-state index in [1.807, 2.05) is 0 Å². The number of nitrogens with zero attached hydrogens (tertiary/aromatic N) is 2. The van der Waals surface area contributed by atoms with Crippen molar-refractivity contribution in [3.8, 4) is 0 Å². The summed E-state index contributed by atoms with van der Waals surface area (Å²) in [6, 6.07) is 0. The third kappa shape index (κ3) is 3.92. The molecule has 0 spiro atoms. The van der Waals surface area contributed by atoms with E-state index in [0.29, 0.717) is 0 Å². The van der Waals surface area contributed by atoms with Gasteiger partial charge in [-0.15, -0.1) is 11.6 Å². The van der Waals surface area contributed by atoms with Crippen LogP contribution < -0.4 is 5.73 Å².